The number of aromatic nitrogens is 2. The summed E-state index contributed by atoms with van der Waals surface area (Å²) in [5.41, 5.74) is 1.86. The molecule has 0 atom stereocenters. The Hall–Kier alpha value is -3.15. The minimum absolute atomic E-state index is 0.179. The maximum atomic E-state index is 12.1. The number of amides is 2. The van der Waals surface area contributed by atoms with Crippen LogP contribution in [0.2, 0.25) is 0 Å². The average Bonchev–Trinajstić information content (AvgIpc) is 3.12. The number of carbonyl (C=O) groups excluding carboxylic acids is 1. The smallest absolute Gasteiger partial charge is 0.322 e. The van der Waals surface area contributed by atoms with Crippen LogP contribution in [-0.4, -0.2) is 34.7 Å². The fourth-order valence-electron chi connectivity index (χ4n) is 2.41. The number of urea groups is 1. The van der Waals surface area contributed by atoms with Crippen LogP contribution in [0.3, 0.4) is 0 Å². The molecule has 0 bridgehead atoms. The molecule has 0 spiro atoms. The summed E-state index contributed by atoms with van der Waals surface area (Å²) in [6, 6.07) is 17.1. The van der Waals surface area contributed by atoms with E-state index in [2.05, 4.69) is 15.5 Å². The van der Waals surface area contributed by atoms with Crippen molar-refractivity contribution in [1.82, 2.24) is 15.0 Å². The van der Waals surface area contributed by atoms with Gasteiger partial charge in [0.1, 0.15) is 17.3 Å². The highest BCUT2D eigenvalue weighted by Crippen LogP contribution is 2.19. The number of rotatable bonds is 6. The molecular weight excluding hydrogens is 316 g/mol. The van der Waals surface area contributed by atoms with E-state index in [0.29, 0.717) is 12.4 Å². The summed E-state index contributed by atoms with van der Waals surface area (Å²) in [5.74, 6) is 1.36. The predicted molar refractivity (Wildman–Crippen MR) is 96.1 cm³/mol. The van der Waals surface area contributed by atoms with Gasteiger partial charge in [-0.2, -0.15) is 0 Å². The van der Waals surface area contributed by atoms with Gasteiger partial charge in [-0.05, 0) is 18.6 Å². The van der Waals surface area contributed by atoms with E-state index in [9.17, 15) is 4.79 Å². The molecule has 2 heterocycles. The Kier molecular flexibility index (Phi) is 5.41. The van der Waals surface area contributed by atoms with Crippen molar-refractivity contribution in [3.63, 3.8) is 0 Å². The highest BCUT2D eigenvalue weighted by atomic mass is 16.5. The van der Waals surface area contributed by atoms with Crippen LogP contribution >= 0.6 is 0 Å². The quantitative estimate of drug-likeness (QED) is 0.742. The molecule has 0 aliphatic carbocycles. The second kappa shape index (κ2) is 8.10. The summed E-state index contributed by atoms with van der Waals surface area (Å²) in [6.45, 7) is 0.611. The van der Waals surface area contributed by atoms with Crippen LogP contribution in [0.4, 0.5) is 10.6 Å². The number of pyridine rings is 1. The van der Waals surface area contributed by atoms with Gasteiger partial charge in [-0.15, -0.1) is 0 Å². The SMILES string of the molecule is CN(CCCc1cc(-c2ccccc2)no1)C(=O)Nc1ccccn1. The van der Waals surface area contributed by atoms with Crippen molar-refractivity contribution in [3.8, 4) is 11.3 Å². The number of aryl methyl sites for hydroxylation is 1. The van der Waals surface area contributed by atoms with Gasteiger partial charge in [-0.1, -0.05) is 41.6 Å². The minimum atomic E-state index is -0.179. The summed E-state index contributed by atoms with van der Waals surface area (Å²) < 4.78 is 5.38. The third-order valence-electron chi connectivity index (χ3n) is 3.79. The van der Waals surface area contributed by atoms with Crippen molar-refractivity contribution in [1.29, 1.82) is 0 Å². The lowest BCUT2D eigenvalue weighted by molar-refractivity contribution is 0.221. The van der Waals surface area contributed by atoms with Crippen molar-refractivity contribution >= 4 is 11.8 Å². The maximum absolute atomic E-state index is 12.1. The molecule has 6 nitrogen and oxygen atoms in total. The van der Waals surface area contributed by atoms with Gasteiger partial charge in [-0.25, -0.2) is 9.78 Å². The molecule has 0 radical (unpaired) electrons. The monoisotopic (exact) mass is 336 g/mol. The highest BCUT2D eigenvalue weighted by molar-refractivity contribution is 5.87. The first-order chi connectivity index (χ1) is 12.2. The first-order valence-electron chi connectivity index (χ1n) is 8.16. The topological polar surface area (TPSA) is 71.3 Å². The number of carbonyl (C=O) groups is 1. The molecular formula is C19H20N4O2. The standard InChI is InChI=1S/C19H20N4O2/c1-23(19(24)21-18-11-5-6-12-20-18)13-7-10-16-14-17(22-25-16)15-8-3-2-4-9-15/h2-6,8-9,11-12,14H,7,10,13H2,1H3,(H,20,21,24). The van der Waals surface area contributed by atoms with Crippen LogP contribution < -0.4 is 5.32 Å². The van der Waals surface area contributed by atoms with Crippen LogP contribution in [0.25, 0.3) is 11.3 Å². The summed E-state index contributed by atoms with van der Waals surface area (Å²) in [4.78, 5) is 17.8. The van der Waals surface area contributed by atoms with Gasteiger partial charge in [0.15, 0.2) is 0 Å². The minimum Gasteiger partial charge on any atom is -0.361 e. The predicted octanol–water partition coefficient (Wildman–Crippen LogP) is 3.83. The molecule has 0 aliphatic rings. The van der Waals surface area contributed by atoms with Gasteiger partial charge in [0.25, 0.3) is 0 Å². The Balaban J connectivity index is 1.46. The molecule has 0 unspecified atom stereocenters. The molecule has 3 aromatic rings. The third-order valence-corrected chi connectivity index (χ3v) is 3.79. The Bertz CT molecular complexity index is 803. The average molecular weight is 336 g/mol. The largest absolute Gasteiger partial charge is 0.361 e. The zero-order valence-corrected chi connectivity index (χ0v) is 14.1. The molecule has 0 saturated heterocycles. The molecule has 2 aromatic heterocycles. The van der Waals surface area contributed by atoms with Crippen molar-refractivity contribution in [2.45, 2.75) is 12.8 Å². The van der Waals surface area contributed by atoms with E-state index >= 15 is 0 Å². The van der Waals surface area contributed by atoms with Crippen LogP contribution in [0.15, 0.2) is 65.3 Å². The van der Waals surface area contributed by atoms with Gasteiger partial charge in [0.2, 0.25) is 0 Å². The second-order valence-electron chi connectivity index (χ2n) is 5.71. The first-order valence-corrected chi connectivity index (χ1v) is 8.16. The zero-order valence-electron chi connectivity index (χ0n) is 14.1. The van der Waals surface area contributed by atoms with Crippen LogP contribution in [0.5, 0.6) is 0 Å². The summed E-state index contributed by atoms with van der Waals surface area (Å²) in [5, 5.41) is 6.86. The molecule has 25 heavy (non-hydrogen) atoms. The highest BCUT2D eigenvalue weighted by Gasteiger charge is 2.10. The molecule has 2 amide bonds. The molecule has 0 fully saturated rings. The Labute approximate surface area is 146 Å². The molecule has 1 N–H and O–H groups in total. The Morgan fingerprint density at radius 2 is 1.96 bits per heavy atom. The van der Waals surface area contributed by atoms with Gasteiger partial charge >= 0.3 is 6.03 Å². The van der Waals surface area contributed by atoms with Crippen LogP contribution in [0, 0.1) is 0 Å². The van der Waals surface area contributed by atoms with Crippen molar-refractivity contribution in [3.05, 3.63) is 66.6 Å². The van der Waals surface area contributed by atoms with E-state index in [1.165, 1.54) is 0 Å². The summed E-state index contributed by atoms with van der Waals surface area (Å²) >= 11 is 0. The molecule has 0 aliphatic heterocycles. The number of benzene rings is 1. The summed E-state index contributed by atoms with van der Waals surface area (Å²) in [6.07, 6.45) is 3.15. The van der Waals surface area contributed by atoms with E-state index in [1.54, 1.807) is 30.3 Å². The van der Waals surface area contributed by atoms with Crippen molar-refractivity contribution in [2.24, 2.45) is 0 Å². The molecule has 1 aromatic carbocycles. The van der Waals surface area contributed by atoms with E-state index in [0.717, 1.165) is 29.9 Å². The van der Waals surface area contributed by atoms with Crippen LogP contribution in [-0.2, 0) is 6.42 Å². The zero-order chi connectivity index (χ0) is 17.5. The van der Waals surface area contributed by atoms with Gasteiger partial charge in [0.05, 0.1) is 0 Å². The number of nitrogens with zero attached hydrogens (tertiary/aromatic N) is 3. The number of nitrogens with one attached hydrogen (secondary N) is 1. The van der Waals surface area contributed by atoms with E-state index in [4.69, 9.17) is 4.52 Å². The number of anilines is 1. The van der Waals surface area contributed by atoms with Gasteiger partial charge < -0.3 is 9.42 Å². The van der Waals surface area contributed by atoms with Crippen molar-refractivity contribution in [2.75, 3.05) is 18.9 Å². The van der Waals surface area contributed by atoms with E-state index in [1.807, 2.05) is 42.5 Å². The molecule has 0 saturated carbocycles. The van der Waals surface area contributed by atoms with E-state index < -0.39 is 0 Å². The number of hydrogen-bond acceptors (Lipinski definition) is 4. The summed E-state index contributed by atoms with van der Waals surface area (Å²) in [7, 11) is 1.76. The molecule has 128 valence electrons. The Morgan fingerprint density at radius 3 is 2.72 bits per heavy atom. The molecule has 3 rings (SSSR count). The van der Waals surface area contributed by atoms with Gasteiger partial charge in [-0.3, -0.25) is 5.32 Å². The fourth-order valence-corrected chi connectivity index (χ4v) is 2.41. The van der Waals surface area contributed by atoms with E-state index in [-0.39, 0.29) is 6.03 Å². The fraction of sp³-hybridized carbons (Fsp3) is 0.211. The Morgan fingerprint density at radius 1 is 1.16 bits per heavy atom. The lowest BCUT2D eigenvalue weighted by atomic mass is 10.1. The number of hydrogen-bond donors (Lipinski definition) is 1. The normalized spacial score (nSPS) is 10.4. The molecule has 6 heteroatoms. The lowest BCUT2D eigenvalue weighted by Gasteiger charge is -2.17. The van der Waals surface area contributed by atoms with Crippen LogP contribution in [0.1, 0.15) is 12.2 Å². The maximum Gasteiger partial charge on any atom is 0.322 e. The first kappa shape index (κ1) is 16.7. The second-order valence-corrected chi connectivity index (χ2v) is 5.71. The third kappa shape index (κ3) is 4.67. The van der Waals surface area contributed by atoms with Crippen molar-refractivity contribution < 1.29 is 9.32 Å². The van der Waals surface area contributed by atoms with Gasteiger partial charge in [0, 0.05) is 37.8 Å². The lowest BCUT2D eigenvalue weighted by Crippen LogP contribution is -2.32.